The fourth-order valence-electron chi connectivity index (χ4n) is 2.54. The number of hydrogen-bond donors (Lipinski definition) is 2. The highest BCUT2D eigenvalue weighted by molar-refractivity contribution is 5.65. The molecule has 0 atom stereocenters. The van der Waals surface area contributed by atoms with Crippen LogP contribution in [0.2, 0.25) is 0 Å². The summed E-state index contributed by atoms with van der Waals surface area (Å²) in [6.45, 7) is 2.94. The van der Waals surface area contributed by atoms with Crippen molar-refractivity contribution in [1.82, 2.24) is 19.9 Å². The first-order chi connectivity index (χ1) is 11.6. The van der Waals surface area contributed by atoms with Crippen LogP contribution >= 0.6 is 0 Å². The summed E-state index contributed by atoms with van der Waals surface area (Å²) in [5.74, 6) is 1.10. The minimum Gasteiger partial charge on any atom is -0.474 e. The first-order valence-electron chi connectivity index (χ1n) is 7.76. The summed E-state index contributed by atoms with van der Waals surface area (Å²) in [4.78, 5) is 24.7. The van der Waals surface area contributed by atoms with Gasteiger partial charge in [-0.3, -0.25) is 4.98 Å². The van der Waals surface area contributed by atoms with Gasteiger partial charge in [0.05, 0.1) is 11.9 Å². The maximum absolute atomic E-state index is 10.9. The van der Waals surface area contributed by atoms with Crippen LogP contribution in [0.25, 0.3) is 0 Å². The summed E-state index contributed by atoms with van der Waals surface area (Å²) in [5, 5.41) is 12.2. The molecule has 8 nitrogen and oxygen atoms in total. The lowest BCUT2D eigenvalue weighted by Gasteiger charge is -2.29. The summed E-state index contributed by atoms with van der Waals surface area (Å²) < 4.78 is 5.87. The maximum atomic E-state index is 10.9. The molecule has 3 rings (SSSR count). The second-order valence-corrected chi connectivity index (χ2v) is 5.64. The number of piperidine rings is 1. The van der Waals surface area contributed by atoms with Gasteiger partial charge >= 0.3 is 6.09 Å². The van der Waals surface area contributed by atoms with Crippen LogP contribution in [0, 0.1) is 6.92 Å². The average molecular weight is 329 g/mol. The molecule has 0 radical (unpaired) electrons. The normalized spacial score (nSPS) is 15.1. The van der Waals surface area contributed by atoms with E-state index in [-0.39, 0.29) is 6.10 Å². The fraction of sp³-hybridized carbons (Fsp3) is 0.375. The van der Waals surface area contributed by atoms with Gasteiger partial charge in [-0.1, -0.05) is 0 Å². The van der Waals surface area contributed by atoms with Gasteiger partial charge in [-0.05, 0) is 18.6 Å². The number of ether oxygens (including phenoxy) is 1. The molecule has 126 valence electrons. The maximum Gasteiger partial charge on any atom is 0.407 e. The molecule has 1 amide bonds. The van der Waals surface area contributed by atoms with E-state index in [1.54, 1.807) is 18.5 Å². The molecule has 1 aliphatic heterocycles. The topological polar surface area (TPSA) is 100 Å². The van der Waals surface area contributed by atoms with Crippen molar-refractivity contribution < 1.29 is 14.6 Å². The molecule has 1 saturated heterocycles. The van der Waals surface area contributed by atoms with Crippen molar-refractivity contribution in [2.45, 2.75) is 25.9 Å². The van der Waals surface area contributed by atoms with Crippen molar-refractivity contribution in [3.05, 3.63) is 36.4 Å². The van der Waals surface area contributed by atoms with Gasteiger partial charge in [0, 0.05) is 38.2 Å². The summed E-state index contributed by atoms with van der Waals surface area (Å²) in [7, 11) is 0. The van der Waals surface area contributed by atoms with Crippen LogP contribution in [-0.4, -0.2) is 50.2 Å². The van der Waals surface area contributed by atoms with Crippen molar-refractivity contribution in [2.75, 3.05) is 18.4 Å². The summed E-state index contributed by atoms with van der Waals surface area (Å²) >= 11 is 0. The summed E-state index contributed by atoms with van der Waals surface area (Å²) in [6, 6.07) is 3.65. The van der Waals surface area contributed by atoms with Gasteiger partial charge in [-0.2, -0.15) is 0 Å². The van der Waals surface area contributed by atoms with Crippen molar-refractivity contribution in [3.63, 3.8) is 0 Å². The monoisotopic (exact) mass is 329 g/mol. The zero-order valence-corrected chi connectivity index (χ0v) is 13.3. The molecule has 0 aromatic carbocycles. The van der Waals surface area contributed by atoms with Crippen LogP contribution in [0.15, 0.2) is 30.9 Å². The van der Waals surface area contributed by atoms with Crippen molar-refractivity contribution in [3.8, 4) is 5.88 Å². The number of carbonyl (C=O) groups is 1. The second kappa shape index (κ2) is 7.12. The summed E-state index contributed by atoms with van der Waals surface area (Å²) in [6.07, 6.45) is 5.30. The van der Waals surface area contributed by atoms with E-state index in [1.807, 2.05) is 13.0 Å². The molecule has 0 bridgehead atoms. The molecule has 0 saturated carbocycles. The molecule has 1 fully saturated rings. The van der Waals surface area contributed by atoms with Crippen molar-refractivity contribution in [2.24, 2.45) is 0 Å². The first kappa shape index (κ1) is 16.0. The van der Waals surface area contributed by atoms with Gasteiger partial charge in [-0.15, -0.1) is 0 Å². The Bertz CT molecular complexity index is 716. The third kappa shape index (κ3) is 3.89. The number of nitrogens with one attached hydrogen (secondary N) is 1. The molecule has 24 heavy (non-hydrogen) atoms. The van der Waals surface area contributed by atoms with E-state index in [1.165, 1.54) is 11.2 Å². The Hall–Kier alpha value is -2.90. The number of carboxylic acid groups (broad SMARTS) is 1. The molecule has 0 spiro atoms. The number of rotatable bonds is 4. The molecule has 2 N–H and O–H groups in total. The van der Waals surface area contributed by atoms with Gasteiger partial charge in [-0.25, -0.2) is 14.8 Å². The first-order valence-corrected chi connectivity index (χ1v) is 7.76. The standard InChI is InChI=1S/C16H19N5O3/c1-11-2-5-17-9-13(11)20-14-8-15(19-10-18-14)24-12-3-6-21(7-4-12)16(22)23/h2,5,8-10,12H,3-4,6-7H2,1H3,(H,22,23)(H,18,19,20). The minimum atomic E-state index is -0.881. The molecule has 0 unspecified atom stereocenters. The van der Waals surface area contributed by atoms with Gasteiger partial charge in [0.25, 0.3) is 0 Å². The van der Waals surface area contributed by atoms with E-state index < -0.39 is 6.09 Å². The molecule has 0 aliphatic carbocycles. The number of likely N-dealkylation sites (tertiary alicyclic amines) is 1. The van der Waals surface area contributed by atoms with E-state index >= 15 is 0 Å². The summed E-state index contributed by atoms with van der Waals surface area (Å²) in [5.41, 5.74) is 1.93. The number of anilines is 2. The van der Waals surface area contributed by atoms with Gasteiger partial charge in [0.15, 0.2) is 0 Å². The highest BCUT2D eigenvalue weighted by atomic mass is 16.5. The van der Waals surface area contributed by atoms with E-state index in [2.05, 4.69) is 20.3 Å². The number of pyridine rings is 1. The number of aryl methyl sites for hydroxylation is 1. The third-order valence-electron chi connectivity index (χ3n) is 3.94. The molecular formula is C16H19N5O3. The number of hydrogen-bond acceptors (Lipinski definition) is 6. The van der Waals surface area contributed by atoms with Crippen molar-refractivity contribution in [1.29, 1.82) is 0 Å². The van der Waals surface area contributed by atoms with E-state index in [4.69, 9.17) is 9.84 Å². The van der Waals surface area contributed by atoms with Crippen LogP contribution in [0.5, 0.6) is 5.88 Å². The molecular weight excluding hydrogens is 310 g/mol. The fourth-order valence-corrected chi connectivity index (χ4v) is 2.54. The quantitative estimate of drug-likeness (QED) is 0.888. The molecule has 3 heterocycles. The molecule has 2 aromatic heterocycles. The highest BCUT2D eigenvalue weighted by Gasteiger charge is 2.23. The minimum absolute atomic E-state index is 0.0384. The zero-order valence-electron chi connectivity index (χ0n) is 13.3. The molecule has 2 aromatic rings. The van der Waals surface area contributed by atoms with E-state index in [0.29, 0.717) is 37.6 Å². The Labute approximate surface area is 139 Å². The third-order valence-corrected chi connectivity index (χ3v) is 3.94. The predicted molar refractivity (Wildman–Crippen MR) is 87.5 cm³/mol. The van der Waals surface area contributed by atoms with Gasteiger partial charge < -0.3 is 20.1 Å². The lowest BCUT2D eigenvalue weighted by atomic mass is 10.1. The zero-order chi connectivity index (χ0) is 16.9. The molecule has 8 heteroatoms. The van der Waals surface area contributed by atoms with Crippen molar-refractivity contribution >= 4 is 17.6 Å². The Kier molecular flexibility index (Phi) is 4.74. The van der Waals surface area contributed by atoms with Crippen LogP contribution < -0.4 is 10.1 Å². The predicted octanol–water partition coefficient (Wildman–Crippen LogP) is 2.44. The van der Waals surface area contributed by atoms with Crippen LogP contribution in [0.1, 0.15) is 18.4 Å². The highest BCUT2D eigenvalue weighted by Crippen LogP contribution is 2.22. The van der Waals surface area contributed by atoms with Crippen LogP contribution in [-0.2, 0) is 0 Å². The SMILES string of the molecule is Cc1ccncc1Nc1cc(OC2CCN(C(=O)O)CC2)ncn1. The van der Waals surface area contributed by atoms with E-state index in [9.17, 15) is 4.79 Å². The number of nitrogens with zero attached hydrogens (tertiary/aromatic N) is 4. The Morgan fingerprint density at radius 3 is 2.88 bits per heavy atom. The Balaban J connectivity index is 1.62. The largest absolute Gasteiger partial charge is 0.474 e. The number of amides is 1. The van der Waals surface area contributed by atoms with Gasteiger partial charge in [0.2, 0.25) is 5.88 Å². The molecule has 1 aliphatic rings. The second-order valence-electron chi connectivity index (χ2n) is 5.64. The van der Waals surface area contributed by atoms with Crippen LogP contribution in [0.4, 0.5) is 16.3 Å². The Morgan fingerprint density at radius 2 is 2.17 bits per heavy atom. The lowest BCUT2D eigenvalue weighted by Crippen LogP contribution is -2.41. The van der Waals surface area contributed by atoms with Gasteiger partial charge in [0.1, 0.15) is 18.2 Å². The van der Waals surface area contributed by atoms with E-state index in [0.717, 1.165) is 11.3 Å². The number of aromatic nitrogens is 3. The smallest absolute Gasteiger partial charge is 0.407 e. The average Bonchev–Trinajstić information content (AvgIpc) is 2.58. The Morgan fingerprint density at radius 1 is 1.38 bits per heavy atom. The van der Waals surface area contributed by atoms with Crippen LogP contribution in [0.3, 0.4) is 0 Å². The lowest BCUT2D eigenvalue weighted by molar-refractivity contribution is 0.0870.